The molecule has 22 heavy (non-hydrogen) atoms. The summed E-state index contributed by atoms with van der Waals surface area (Å²) >= 11 is 1.40. The first-order valence-electron chi connectivity index (χ1n) is 7.66. The van der Waals surface area contributed by atoms with Gasteiger partial charge in [0.1, 0.15) is 5.69 Å². The first kappa shape index (κ1) is 15.4. The Morgan fingerprint density at radius 1 is 1.32 bits per heavy atom. The molecule has 0 atom stereocenters. The van der Waals surface area contributed by atoms with Crippen LogP contribution in [0.4, 0.5) is 17.1 Å². The Hall–Kier alpha value is -1.47. The Morgan fingerprint density at radius 3 is 2.64 bits per heavy atom. The van der Waals surface area contributed by atoms with E-state index in [0.717, 1.165) is 31.6 Å². The Balaban J connectivity index is 1.76. The predicted octanol–water partition coefficient (Wildman–Crippen LogP) is 3.03. The third kappa shape index (κ3) is 3.30. The van der Waals surface area contributed by atoms with Gasteiger partial charge >= 0.3 is 0 Å². The van der Waals surface area contributed by atoms with Gasteiger partial charge in [-0.3, -0.25) is 10.1 Å². The predicted molar refractivity (Wildman–Crippen MR) is 89.4 cm³/mol. The number of nitrogens with zero attached hydrogens (tertiary/aromatic N) is 2. The lowest BCUT2D eigenvalue weighted by atomic mass is 9.93. The standard InChI is InChI=1S/C15H21N3O3S/c19-9-10-22-16-12-1-2-13(18(20)21)14(11-12)17-7-5-15(3-4-15)6-8-17/h1-2,11,16,19H,3-10H2. The molecule has 1 saturated heterocycles. The van der Waals surface area contributed by atoms with Crippen LogP contribution in [0.15, 0.2) is 18.2 Å². The van der Waals surface area contributed by atoms with Gasteiger partial charge in [0.15, 0.2) is 0 Å². The van der Waals surface area contributed by atoms with E-state index in [4.69, 9.17) is 5.11 Å². The largest absolute Gasteiger partial charge is 0.395 e. The van der Waals surface area contributed by atoms with Crippen LogP contribution in [0.2, 0.25) is 0 Å². The highest BCUT2D eigenvalue weighted by Crippen LogP contribution is 2.54. The molecule has 0 aromatic heterocycles. The summed E-state index contributed by atoms with van der Waals surface area (Å²) in [5, 5.41) is 20.1. The number of piperidine rings is 1. The van der Waals surface area contributed by atoms with E-state index in [1.165, 1.54) is 24.8 Å². The van der Waals surface area contributed by atoms with Gasteiger partial charge in [0, 0.05) is 30.6 Å². The monoisotopic (exact) mass is 323 g/mol. The summed E-state index contributed by atoms with van der Waals surface area (Å²) in [6.45, 7) is 1.90. The smallest absolute Gasteiger partial charge is 0.292 e. The summed E-state index contributed by atoms with van der Waals surface area (Å²) in [5.74, 6) is 0.582. The van der Waals surface area contributed by atoms with Gasteiger partial charge in [-0.05, 0) is 43.2 Å². The lowest BCUT2D eigenvalue weighted by Crippen LogP contribution is -2.34. The highest BCUT2D eigenvalue weighted by molar-refractivity contribution is 8.00. The van der Waals surface area contributed by atoms with Crippen molar-refractivity contribution >= 4 is 29.0 Å². The molecule has 120 valence electrons. The quantitative estimate of drug-likeness (QED) is 0.363. The van der Waals surface area contributed by atoms with E-state index in [1.807, 2.05) is 6.07 Å². The molecule has 1 spiro atoms. The molecule has 1 aliphatic carbocycles. The van der Waals surface area contributed by atoms with Crippen molar-refractivity contribution in [3.8, 4) is 0 Å². The number of rotatable bonds is 6. The van der Waals surface area contributed by atoms with Gasteiger partial charge in [0.2, 0.25) is 0 Å². The molecule has 1 aromatic rings. The maximum Gasteiger partial charge on any atom is 0.292 e. The first-order valence-corrected chi connectivity index (χ1v) is 8.64. The van der Waals surface area contributed by atoms with Crippen LogP contribution < -0.4 is 9.62 Å². The third-order valence-electron chi connectivity index (χ3n) is 4.68. The second-order valence-electron chi connectivity index (χ2n) is 6.12. The molecule has 1 aromatic carbocycles. The van der Waals surface area contributed by atoms with Crippen molar-refractivity contribution in [2.24, 2.45) is 5.41 Å². The maximum absolute atomic E-state index is 11.3. The van der Waals surface area contributed by atoms with Crippen LogP contribution in [0, 0.1) is 15.5 Å². The minimum atomic E-state index is -0.304. The third-order valence-corrected chi connectivity index (χ3v) is 5.44. The lowest BCUT2D eigenvalue weighted by molar-refractivity contribution is -0.384. The number of anilines is 2. The SMILES string of the molecule is O=[N+]([O-])c1ccc(NSCCO)cc1N1CCC2(CC1)CC2. The summed E-state index contributed by atoms with van der Waals surface area (Å²) in [4.78, 5) is 13.1. The Kier molecular flexibility index (Phi) is 4.44. The number of nitrogens with one attached hydrogen (secondary N) is 1. The number of hydrogen-bond acceptors (Lipinski definition) is 6. The average molecular weight is 323 g/mol. The zero-order valence-electron chi connectivity index (χ0n) is 12.5. The molecular weight excluding hydrogens is 302 g/mol. The molecule has 1 aliphatic heterocycles. The van der Waals surface area contributed by atoms with E-state index >= 15 is 0 Å². The molecule has 1 saturated carbocycles. The molecule has 7 heteroatoms. The molecule has 2 N–H and O–H groups in total. The van der Waals surface area contributed by atoms with Crippen molar-refractivity contribution in [3.05, 3.63) is 28.3 Å². The number of benzene rings is 1. The van der Waals surface area contributed by atoms with Gasteiger partial charge in [0.05, 0.1) is 11.5 Å². The molecular formula is C15H21N3O3S. The van der Waals surface area contributed by atoms with Crippen LogP contribution in [0.25, 0.3) is 0 Å². The minimum absolute atomic E-state index is 0.103. The molecule has 1 heterocycles. The summed E-state index contributed by atoms with van der Waals surface area (Å²) in [6.07, 6.45) is 4.92. The van der Waals surface area contributed by atoms with Crippen LogP contribution in [0.5, 0.6) is 0 Å². The molecule has 2 aliphatic rings. The number of nitro groups is 1. The van der Waals surface area contributed by atoms with Crippen molar-refractivity contribution in [2.75, 3.05) is 35.1 Å². The first-order chi connectivity index (χ1) is 10.6. The Bertz CT molecular complexity index is 553. The average Bonchev–Trinajstić information content (AvgIpc) is 3.27. The van der Waals surface area contributed by atoms with Crippen LogP contribution in [-0.4, -0.2) is 35.5 Å². The Morgan fingerprint density at radius 2 is 2.05 bits per heavy atom. The second kappa shape index (κ2) is 6.34. The van der Waals surface area contributed by atoms with Gasteiger partial charge < -0.3 is 14.7 Å². The highest BCUT2D eigenvalue weighted by atomic mass is 32.2. The van der Waals surface area contributed by atoms with Crippen LogP contribution in [-0.2, 0) is 0 Å². The van der Waals surface area contributed by atoms with Crippen molar-refractivity contribution in [1.29, 1.82) is 0 Å². The fourth-order valence-corrected chi connectivity index (χ4v) is 3.56. The maximum atomic E-state index is 11.3. The van der Waals surface area contributed by atoms with E-state index in [-0.39, 0.29) is 17.2 Å². The van der Waals surface area contributed by atoms with E-state index in [9.17, 15) is 10.1 Å². The van der Waals surface area contributed by atoms with Gasteiger partial charge in [-0.15, -0.1) is 0 Å². The van der Waals surface area contributed by atoms with Gasteiger partial charge in [-0.1, -0.05) is 11.9 Å². The van der Waals surface area contributed by atoms with E-state index in [2.05, 4.69) is 9.62 Å². The lowest BCUT2D eigenvalue weighted by Gasteiger charge is -2.33. The van der Waals surface area contributed by atoms with Crippen molar-refractivity contribution in [2.45, 2.75) is 25.7 Å². The summed E-state index contributed by atoms with van der Waals surface area (Å²) in [7, 11) is 0. The van der Waals surface area contributed by atoms with Crippen molar-refractivity contribution in [1.82, 2.24) is 0 Å². The summed E-state index contributed by atoms with van der Waals surface area (Å²) < 4.78 is 3.13. The zero-order valence-corrected chi connectivity index (χ0v) is 13.3. The van der Waals surface area contributed by atoms with E-state index in [0.29, 0.717) is 16.9 Å². The molecule has 0 unspecified atom stereocenters. The van der Waals surface area contributed by atoms with E-state index < -0.39 is 0 Å². The minimum Gasteiger partial charge on any atom is -0.395 e. The number of aliphatic hydroxyl groups excluding tert-OH is 1. The van der Waals surface area contributed by atoms with Gasteiger partial charge in [-0.2, -0.15) is 0 Å². The van der Waals surface area contributed by atoms with Crippen LogP contribution in [0.3, 0.4) is 0 Å². The number of hydrogen-bond donors (Lipinski definition) is 2. The fourth-order valence-electron chi connectivity index (χ4n) is 3.07. The Labute approximate surface area is 134 Å². The van der Waals surface area contributed by atoms with E-state index in [1.54, 1.807) is 12.1 Å². The second-order valence-corrected chi connectivity index (χ2v) is 7.02. The van der Waals surface area contributed by atoms with Crippen molar-refractivity contribution < 1.29 is 10.0 Å². The normalized spacial score (nSPS) is 19.2. The van der Waals surface area contributed by atoms with Gasteiger partial charge in [-0.25, -0.2) is 0 Å². The molecule has 0 radical (unpaired) electrons. The van der Waals surface area contributed by atoms with Gasteiger partial charge in [0.25, 0.3) is 5.69 Å². The molecule has 6 nitrogen and oxygen atoms in total. The summed E-state index contributed by atoms with van der Waals surface area (Å²) in [5.41, 5.74) is 2.27. The fraction of sp³-hybridized carbons (Fsp3) is 0.600. The van der Waals surface area contributed by atoms with Crippen LogP contribution in [0.1, 0.15) is 25.7 Å². The zero-order chi connectivity index (χ0) is 15.6. The highest BCUT2D eigenvalue weighted by Gasteiger charge is 2.44. The topological polar surface area (TPSA) is 78.6 Å². The van der Waals surface area contributed by atoms with Crippen molar-refractivity contribution in [3.63, 3.8) is 0 Å². The van der Waals surface area contributed by atoms with Crippen LogP contribution >= 0.6 is 11.9 Å². The molecule has 0 bridgehead atoms. The number of aliphatic hydroxyl groups is 1. The molecule has 2 fully saturated rings. The number of nitro benzene ring substituents is 1. The summed E-state index contributed by atoms with van der Waals surface area (Å²) in [6, 6.07) is 5.14. The molecule has 0 amide bonds. The molecule has 3 rings (SSSR count).